The number of fused-ring (bicyclic) bond motifs is 1. The molecule has 0 saturated heterocycles. The Balaban J connectivity index is 1.81. The number of nitrogens with one attached hydrogen (secondary N) is 1. The van der Waals surface area contributed by atoms with Crippen LogP contribution in [0.15, 0.2) is 24.3 Å². The van der Waals surface area contributed by atoms with E-state index in [1.54, 1.807) is 19.1 Å². The Hall–Kier alpha value is -2.28. The van der Waals surface area contributed by atoms with E-state index in [1.807, 2.05) is 19.1 Å². The number of anilines is 1. The number of benzene rings is 1. The van der Waals surface area contributed by atoms with Gasteiger partial charge in [-0.25, -0.2) is 4.79 Å². The van der Waals surface area contributed by atoms with Gasteiger partial charge in [-0.2, -0.15) is 0 Å². The fourth-order valence-corrected chi connectivity index (χ4v) is 3.01. The first-order chi connectivity index (χ1) is 10.5. The lowest BCUT2D eigenvalue weighted by Crippen LogP contribution is -2.48. The molecule has 0 radical (unpaired) electrons. The van der Waals surface area contributed by atoms with Gasteiger partial charge in [0.05, 0.1) is 5.56 Å². The van der Waals surface area contributed by atoms with E-state index < -0.39 is 17.5 Å². The molecular formula is C15H15N3O3S. The Morgan fingerprint density at radius 2 is 2.18 bits per heavy atom. The van der Waals surface area contributed by atoms with Crippen LogP contribution in [0.3, 0.4) is 0 Å². The van der Waals surface area contributed by atoms with E-state index in [2.05, 4.69) is 15.5 Å². The number of carbonyl (C=O) groups is 2. The molecule has 1 aromatic carbocycles. The summed E-state index contributed by atoms with van der Waals surface area (Å²) in [5.74, 6) is -0.875. The van der Waals surface area contributed by atoms with Gasteiger partial charge >= 0.3 is 5.97 Å². The summed E-state index contributed by atoms with van der Waals surface area (Å²) in [5.41, 5.74) is 0.0728. The number of nitrogens with zero attached hydrogens (tertiary/aromatic N) is 2. The topological polar surface area (TPSA) is 81.2 Å². The normalized spacial score (nSPS) is 20.2. The number of aryl methyl sites for hydroxylation is 1. The summed E-state index contributed by atoms with van der Waals surface area (Å²) in [7, 11) is 0. The summed E-state index contributed by atoms with van der Waals surface area (Å²) in [6.07, 6.45) is 1.09. The molecule has 6 nitrogen and oxygen atoms in total. The van der Waals surface area contributed by atoms with Gasteiger partial charge in [0.15, 0.2) is 5.60 Å². The highest BCUT2D eigenvalue weighted by Crippen LogP contribution is 2.29. The maximum atomic E-state index is 12.5. The Morgan fingerprint density at radius 3 is 2.91 bits per heavy atom. The van der Waals surface area contributed by atoms with Crippen LogP contribution in [-0.4, -0.2) is 27.7 Å². The third kappa shape index (κ3) is 2.59. The van der Waals surface area contributed by atoms with E-state index in [-0.39, 0.29) is 0 Å². The van der Waals surface area contributed by atoms with Gasteiger partial charge in [-0.3, -0.25) is 10.1 Å². The van der Waals surface area contributed by atoms with Crippen molar-refractivity contribution in [1.29, 1.82) is 0 Å². The molecule has 1 aliphatic heterocycles. The third-order valence-electron chi connectivity index (χ3n) is 3.55. The molecule has 0 aliphatic carbocycles. The fraction of sp³-hybridized carbons (Fsp3) is 0.333. The number of cyclic esters (lactones) is 1. The Kier molecular flexibility index (Phi) is 3.66. The van der Waals surface area contributed by atoms with Crippen molar-refractivity contribution in [2.24, 2.45) is 0 Å². The van der Waals surface area contributed by atoms with Gasteiger partial charge in [0.1, 0.15) is 5.01 Å². The maximum absolute atomic E-state index is 12.5. The Bertz CT molecular complexity index is 743. The van der Waals surface area contributed by atoms with E-state index in [1.165, 1.54) is 11.3 Å². The third-order valence-corrected chi connectivity index (χ3v) is 4.54. The molecule has 0 bridgehead atoms. The molecule has 0 fully saturated rings. The van der Waals surface area contributed by atoms with Crippen LogP contribution in [-0.2, 0) is 22.4 Å². The number of hydrogen-bond acceptors (Lipinski definition) is 6. The highest BCUT2D eigenvalue weighted by atomic mass is 32.1. The lowest BCUT2D eigenvalue weighted by Gasteiger charge is -2.32. The molecule has 7 heteroatoms. The molecule has 2 heterocycles. The first-order valence-corrected chi connectivity index (χ1v) is 7.78. The number of esters is 1. The van der Waals surface area contributed by atoms with Gasteiger partial charge in [0.25, 0.3) is 5.91 Å². The summed E-state index contributed by atoms with van der Waals surface area (Å²) in [6.45, 7) is 3.57. The highest BCUT2D eigenvalue weighted by molar-refractivity contribution is 7.15. The average Bonchev–Trinajstić information content (AvgIpc) is 2.95. The van der Waals surface area contributed by atoms with E-state index in [0.29, 0.717) is 17.1 Å². The van der Waals surface area contributed by atoms with Gasteiger partial charge in [0, 0.05) is 6.42 Å². The predicted octanol–water partition coefficient (Wildman–Crippen LogP) is 2.21. The second-order valence-corrected chi connectivity index (χ2v) is 6.32. The van der Waals surface area contributed by atoms with E-state index in [9.17, 15) is 9.59 Å². The quantitative estimate of drug-likeness (QED) is 0.878. The van der Waals surface area contributed by atoms with E-state index in [4.69, 9.17) is 4.74 Å². The standard InChI is InChI=1S/C15H15N3O3S/c1-3-11-17-18-14(22-11)16-13(20)15(2)8-9-6-4-5-7-10(9)12(19)21-15/h4-7H,3,8H2,1-2H3,(H,16,18,20). The summed E-state index contributed by atoms with van der Waals surface area (Å²) in [5, 5.41) is 11.8. The van der Waals surface area contributed by atoms with Crippen molar-refractivity contribution < 1.29 is 14.3 Å². The molecule has 1 aromatic heterocycles. The number of amides is 1. The zero-order chi connectivity index (χ0) is 15.7. The minimum Gasteiger partial charge on any atom is -0.445 e. The first kappa shape index (κ1) is 14.6. The molecule has 1 aliphatic rings. The predicted molar refractivity (Wildman–Crippen MR) is 81.9 cm³/mol. The molecule has 1 atom stereocenters. The second-order valence-electron chi connectivity index (χ2n) is 5.26. The molecule has 0 spiro atoms. The smallest absolute Gasteiger partial charge is 0.339 e. The number of hydrogen-bond donors (Lipinski definition) is 1. The van der Waals surface area contributed by atoms with Crippen LogP contribution in [0.5, 0.6) is 0 Å². The van der Waals surface area contributed by atoms with Crippen LogP contribution in [0.25, 0.3) is 0 Å². The molecule has 1 unspecified atom stereocenters. The van der Waals surface area contributed by atoms with E-state index in [0.717, 1.165) is 17.0 Å². The second kappa shape index (κ2) is 5.49. The molecule has 3 rings (SSSR count). The summed E-state index contributed by atoms with van der Waals surface area (Å²) in [6, 6.07) is 7.15. The van der Waals surface area contributed by atoms with Gasteiger partial charge in [0.2, 0.25) is 5.13 Å². The lowest BCUT2D eigenvalue weighted by atomic mass is 9.89. The SMILES string of the molecule is CCc1nnc(NC(=O)C2(C)Cc3ccccc3C(=O)O2)s1. The number of rotatable bonds is 3. The van der Waals surface area contributed by atoms with Gasteiger partial charge < -0.3 is 4.74 Å². The van der Waals surface area contributed by atoms with Crippen molar-refractivity contribution in [2.45, 2.75) is 32.3 Å². The van der Waals surface area contributed by atoms with Gasteiger partial charge in [-0.15, -0.1) is 10.2 Å². The Morgan fingerprint density at radius 1 is 1.41 bits per heavy atom. The summed E-state index contributed by atoms with van der Waals surface area (Å²) in [4.78, 5) is 24.6. The average molecular weight is 317 g/mol. The van der Waals surface area contributed by atoms with Crippen molar-refractivity contribution in [3.63, 3.8) is 0 Å². The van der Waals surface area contributed by atoms with Crippen LogP contribution in [0.1, 0.15) is 34.8 Å². The van der Waals surface area contributed by atoms with Crippen LogP contribution in [0, 0.1) is 0 Å². The first-order valence-electron chi connectivity index (χ1n) is 6.97. The maximum Gasteiger partial charge on any atom is 0.339 e. The van der Waals surface area contributed by atoms with Crippen molar-refractivity contribution in [3.8, 4) is 0 Å². The zero-order valence-electron chi connectivity index (χ0n) is 12.3. The van der Waals surface area contributed by atoms with Crippen LogP contribution in [0.2, 0.25) is 0 Å². The van der Waals surface area contributed by atoms with Gasteiger partial charge in [-0.05, 0) is 25.0 Å². The molecule has 2 aromatic rings. The number of carbonyl (C=O) groups excluding carboxylic acids is 2. The minimum atomic E-state index is -1.25. The van der Waals surface area contributed by atoms with Crippen molar-refractivity contribution >= 4 is 28.3 Å². The number of ether oxygens (including phenoxy) is 1. The molecular weight excluding hydrogens is 302 g/mol. The van der Waals surface area contributed by atoms with Crippen LogP contribution in [0.4, 0.5) is 5.13 Å². The summed E-state index contributed by atoms with van der Waals surface area (Å²) >= 11 is 1.32. The largest absolute Gasteiger partial charge is 0.445 e. The van der Waals surface area contributed by atoms with Crippen LogP contribution < -0.4 is 5.32 Å². The summed E-state index contributed by atoms with van der Waals surface area (Å²) < 4.78 is 5.37. The highest BCUT2D eigenvalue weighted by Gasteiger charge is 2.42. The number of aromatic nitrogens is 2. The molecule has 1 N–H and O–H groups in total. The Labute approximate surface area is 131 Å². The van der Waals surface area contributed by atoms with Gasteiger partial charge in [-0.1, -0.05) is 36.5 Å². The zero-order valence-corrected chi connectivity index (χ0v) is 13.1. The van der Waals surface area contributed by atoms with Crippen molar-refractivity contribution in [3.05, 3.63) is 40.4 Å². The fourth-order valence-electron chi connectivity index (χ4n) is 2.34. The lowest BCUT2D eigenvalue weighted by molar-refractivity contribution is -0.134. The molecule has 22 heavy (non-hydrogen) atoms. The molecule has 114 valence electrons. The molecule has 0 saturated carbocycles. The van der Waals surface area contributed by atoms with Crippen molar-refractivity contribution in [1.82, 2.24) is 10.2 Å². The van der Waals surface area contributed by atoms with Crippen LogP contribution >= 0.6 is 11.3 Å². The minimum absolute atomic E-state index is 0.334. The molecule has 1 amide bonds. The monoisotopic (exact) mass is 317 g/mol. The van der Waals surface area contributed by atoms with E-state index >= 15 is 0 Å². The van der Waals surface area contributed by atoms with Crippen molar-refractivity contribution in [2.75, 3.05) is 5.32 Å².